The predicted octanol–water partition coefficient (Wildman–Crippen LogP) is 6.16. The van der Waals surface area contributed by atoms with E-state index in [4.69, 9.17) is 4.42 Å². The SMILES string of the molecule is Cc1sc2cc(-c3ccccc3)oc2c1C(=O)NCc1cccc(Br)c1. The van der Waals surface area contributed by atoms with Crippen molar-refractivity contribution < 1.29 is 9.21 Å². The third kappa shape index (κ3) is 3.32. The largest absolute Gasteiger partial charge is 0.454 e. The van der Waals surface area contributed by atoms with Gasteiger partial charge in [0.2, 0.25) is 0 Å². The average Bonchev–Trinajstić information content (AvgIpc) is 3.17. The summed E-state index contributed by atoms with van der Waals surface area (Å²) in [6, 6.07) is 19.8. The number of carbonyl (C=O) groups excluding carboxylic acids is 1. The maximum atomic E-state index is 12.8. The molecule has 0 radical (unpaired) electrons. The molecule has 4 rings (SSSR count). The molecule has 0 bridgehead atoms. The summed E-state index contributed by atoms with van der Waals surface area (Å²) in [5.74, 6) is 0.676. The van der Waals surface area contributed by atoms with E-state index < -0.39 is 0 Å². The summed E-state index contributed by atoms with van der Waals surface area (Å²) in [4.78, 5) is 13.7. The first-order valence-electron chi connectivity index (χ1n) is 8.23. The van der Waals surface area contributed by atoms with Crippen molar-refractivity contribution in [3.8, 4) is 11.3 Å². The average molecular weight is 426 g/mol. The number of rotatable bonds is 4. The van der Waals surface area contributed by atoms with Crippen LogP contribution in [-0.2, 0) is 6.54 Å². The number of fused-ring (bicyclic) bond motifs is 1. The minimum absolute atomic E-state index is 0.109. The second-order valence-electron chi connectivity index (χ2n) is 6.02. The van der Waals surface area contributed by atoms with Crippen LogP contribution in [-0.4, -0.2) is 5.91 Å². The van der Waals surface area contributed by atoms with Crippen LogP contribution in [0, 0.1) is 6.92 Å². The molecule has 0 fully saturated rings. The third-order valence-electron chi connectivity index (χ3n) is 4.17. The summed E-state index contributed by atoms with van der Waals surface area (Å²) >= 11 is 5.04. The molecule has 3 nitrogen and oxygen atoms in total. The number of benzene rings is 2. The molecule has 26 heavy (non-hydrogen) atoms. The van der Waals surface area contributed by atoms with Crippen LogP contribution < -0.4 is 5.32 Å². The zero-order valence-electron chi connectivity index (χ0n) is 14.1. The molecule has 0 saturated carbocycles. The van der Waals surface area contributed by atoms with Crippen molar-refractivity contribution >= 4 is 43.5 Å². The van der Waals surface area contributed by atoms with Gasteiger partial charge in [-0.2, -0.15) is 0 Å². The van der Waals surface area contributed by atoms with Crippen molar-refractivity contribution in [2.45, 2.75) is 13.5 Å². The fraction of sp³-hybridized carbons (Fsp3) is 0.0952. The van der Waals surface area contributed by atoms with E-state index in [1.165, 1.54) is 0 Å². The van der Waals surface area contributed by atoms with Crippen LogP contribution in [0.25, 0.3) is 21.6 Å². The number of halogens is 1. The number of aryl methyl sites for hydroxylation is 1. The lowest BCUT2D eigenvalue weighted by atomic mass is 10.2. The summed E-state index contributed by atoms with van der Waals surface area (Å²) in [7, 11) is 0. The highest BCUT2D eigenvalue weighted by atomic mass is 79.9. The Labute approximate surface area is 163 Å². The van der Waals surface area contributed by atoms with Crippen LogP contribution in [0.5, 0.6) is 0 Å². The van der Waals surface area contributed by atoms with Gasteiger partial charge >= 0.3 is 0 Å². The highest BCUT2D eigenvalue weighted by Gasteiger charge is 2.21. The second-order valence-corrected chi connectivity index (χ2v) is 8.19. The molecule has 2 heterocycles. The van der Waals surface area contributed by atoms with Crippen molar-refractivity contribution in [3.05, 3.63) is 81.1 Å². The van der Waals surface area contributed by atoms with Crippen molar-refractivity contribution in [1.82, 2.24) is 5.32 Å². The van der Waals surface area contributed by atoms with Crippen LogP contribution in [0.15, 0.2) is 69.6 Å². The fourth-order valence-corrected chi connectivity index (χ4v) is 4.39. The molecule has 2 aromatic heterocycles. The Morgan fingerprint density at radius 3 is 2.69 bits per heavy atom. The predicted molar refractivity (Wildman–Crippen MR) is 110 cm³/mol. The highest BCUT2D eigenvalue weighted by Crippen LogP contribution is 2.36. The Bertz CT molecular complexity index is 1080. The highest BCUT2D eigenvalue weighted by molar-refractivity contribution is 9.10. The lowest BCUT2D eigenvalue weighted by Crippen LogP contribution is -2.23. The number of hydrogen-bond donors (Lipinski definition) is 1. The first kappa shape index (κ1) is 17.1. The van der Waals surface area contributed by atoms with Crippen LogP contribution in [0.1, 0.15) is 20.8 Å². The van der Waals surface area contributed by atoms with Crippen LogP contribution >= 0.6 is 27.3 Å². The number of nitrogens with one attached hydrogen (secondary N) is 1. The topological polar surface area (TPSA) is 42.2 Å². The minimum atomic E-state index is -0.109. The van der Waals surface area contributed by atoms with E-state index in [1.807, 2.05) is 67.6 Å². The summed E-state index contributed by atoms with van der Waals surface area (Å²) in [5, 5.41) is 3.00. The Hall–Kier alpha value is -2.37. The standard InChI is InChI=1S/C21H16BrNO2S/c1-13-19(21(24)23-12-14-6-5-9-16(22)10-14)20-18(26-13)11-17(25-20)15-7-3-2-4-8-15/h2-11H,12H2,1H3,(H,23,24). The minimum Gasteiger partial charge on any atom is -0.454 e. The monoisotopic (exact) mass is 425 g/mol. The van der Waals surface area contributed by atoms with Gasteiger partial charge in [0.25, 0.3) is 5.91 Å². The van der Waals surface area contributed by atoms with Crippen LogP contribution in [0.4, 0.5) is 0 Å². The Kier molecular flexibility index (Phi) is 4.66. The maximum absolute atomic E-state index is 12.8. The van der Waals surface area contributed by atoms with Crippen molar-refractivity contribution in [1.29, 1.82) is 0 Å². The quantitative estimate of drug-likeness (QED) is 0.425. The molecule has 5 heteroatoms. The van der Waals surface area contributed by atoms with Gasteiger partial charge in [-0.15, -0.1) is 11.3 Å². The van der Waals surface area contributed by atoms with Gasteiger partial charge in [0.1, 0.15) is 5.76 Å². The Morgan fingerprint density at radius 2 is 1.92 bits per heavy atom. The molecule has 2 aromatic carbocycles. The van der Waals surface area contributed by atoms with E-state index in [0.29, 0.717) is 17.7 Å². The Balaban J connectivity index is 1.62. The van der Waals surface area contributed by atoms with Crippen molar-refractivity contribution in [2.75, 3.05) is 0 Å². The molecule has 0 aliphatic heterocycles. The molecule has 0 unspecified atom stereocenters. The van der Waals surface area contributed by atoms with Gasteiger partial charge in [-0.05, 0) is 24.6 Å². The van der Waals surface area contributed by atoms with Gasteiger partial charge in [-0.3, -0.25) is 4.79 Å². The lowest BCUT2D eigenvalue weighted by Gasteiger charge is -2.06. The molecule has 130 valence electrons. The van der Waals surface area contributed by atoms with Crippen LogP contribution in [0.2, 0.25) is 0 Å². The number of hydrogen-bond acceptors (Lipinski definition) is 3. The third-order valence-corrected chi connectivity index (χ3v) is 5.69. The summed E-state index contributed by atoms with van der Waals surface area (Å²) in [6.07, 6.45) is 0. The molecule has 0 spiro atoms. The zero-order valence-corrected chi connectivity index (χ0v) is 16.5. The zero-order chi connectivity index (χ0) is 18.1. The number of furan rings is 1. The first-order valence-corrected chi connectivity index (χ1v) is 9.84. The van der Waals surface area contributed by atoms with Gasteiger partial charge in [0.05, 0.1) is 10.3 Å². The molecular weight excluding hydrogens is 410 g/mol. The molecule has 4 aromatic rings. The summed E-state index contributed by atoms with van der Waals surface area (Å²) in [6.45, 7) is 2.43. The molecule has 1 amide bonds. The first-order chi connectivity index (χ1) is 12.6. The number of amides is 1. The number of thiophene rings is 1. The van der Waals surface area contributed by atoms with E-state index in [1.54, 1.807) is 11.3 Å². The van der Waals surface area contributed by atoms with E-state index in [2.05, 4.69) is 21.2 Å². The van der Waals surface area contributed by atoms with Crippen molar-refractivity contribution in [3.63, 3.8) is 0 Å². The normalized spacial score (nSPS) is 11.0. The summed E-state index contributed by atoms with van der Waals surface area (Å²) in [5.41, 5.74) is 3.34. The van der Waals surface area contributed by atoms with Gasteiger partial charge in [0, 0.05) is 27.5 Å². The molecule has 1 N–H and O–H groups in total. The fourth-order valence-electron chi connectivity index (χ4n) is 2.93. The van der Waals surface area contributed by atoms with E-state index >= 15 is 0 Å². The maximum Gasteiger partial charge on any atom is 0.256 e. The molecule has 0 aliphatic carbocycles. The van der Waals surface area contributed by atoms with E-state index in [-0.39, 0.29) is 5.91 Å². The van der Waals surface area contributed by atoms with Gasteiger partial charge in [0.15, 0.2) is 5.58 Å². The summed E-state index contributed by atoms with van der Waals surface area (Å²) < 4.78 is 8.03. The van der Waals surface area contributed by atoms with Crippen LogP contribution in [0.3, 0.4) is 0 Å². The van der Waals surface area contributed by atoms with Gasteiger partial charge in [-0.25, -0.2) is 0 Å². The van der Waals surface area contributed by atoms with Crippen molar-refractivity contribution in [2.24, 2.45) is 0 Å². The van der Waals surface area contributed by atoms with Gasteiger partial charge in [-0.1, -0.05) is 58.4 Å². The lowest BCUT2D eigenvalue weighted by molar-refractivity contribution is 0.0951. The molecule has 0 atom stereocenters. The smallest absolute Gasteiger partial charge is 0.256 e. The second kappa shape index (κ2) is 7.09. The van der Waals surface area contributed by atoms with E-state index in [0.717, 1.165) is 30.9 Å². The molecule has 0 aliphatic rings. The van der Waals surface area contributed by atoms with Gasteiger partial charge < -0.3 is 9.73 Å². The Morgan fingerprint density at radius 1 is 1.12 bits per heavy atom. The molecule has 0 saturated heterocycles. The number of carbonyl (C=O) groups is 1. The molecular formula is C21H16BrNO2S. The van der Waals surface area contributed by atoms with E-state index in [9.17, 15) is 4.79 Å².